The standard InChI is InChI=1S/C12H17N5S/c1-18-12(3-2-4-12)8-15-10-11-14-5-6-17(11)7-9(13)16-10/h5-7H,2-4,8,13H2,1H3,(H,15,16). The number of anilines is 2. The summed E-state index contributed by atoms with van der Waals surface area (Å²) in [7, 11) is 0. The molecule has 18 heavy (non-hydrogen) atoms. The molecule has 1 aliphatic rings. The van der Waals surface area contributed by atoms with Crippen molar-refractivity contribution in [2.45, 2.75) is 24.0 Å². The van der Waals surface area contributed by atoms with E-state index in [2.05, 4.69) is 21.5 Å². The van der Waals surface area contributed by atoms with Gasteiger partial charge in [0.2, 0.25) is 0 Å². The quantitative estimate of drug-likeness (QED) is 0.883. The van der Waals surface area contributed by atoms with Crippen LogP contribution in [0.2, 0.25) is 0 Å². The van der Waals surface area contributed by atoms with E-state index in [1.165, 1.54) is 19.3 Å². The summed E-state index contributed by atoms with van der Waals surface area (Å²) in [5.41, 5.74) is 6.63. The van der Waals surface area contributed by atoms with Gasteiger partial charge in [0.15, 0.2) is 11.5 Å². The summed E-state index contributed by atoms with van der Waals surface area (Å²) in [6.45, 7) is 0.924. The molecule has 0 saturated heterocycles. The normalized spacial score (nSPS) is 17.6. The van der Waals surface area contributed by atoms with Crippen molar-refractivity contribution in [1.29, 1.82) is 0 Å². The first-order valence-corrected chi connectivity index (χ1v) is 7.33. The Morgan fingerprint density at radius 1 is 1.56 bits per heavy atom. The van der Waals surface area contributed by atoms with Crippen molar-refractivity contribution in [3.8, 4) is 0 Å². The summed E-state index contributed by atoms with van der Waals surface area (Å²) in [4.78, 5) is 8.65. The molecule has 0 radical (unpaired) electrons. The van der Waals surface area contributed by atoms with Gasteiger partial charge in [-0.25, -0.2) is 9.97 Å². The van der Waals surface area contributed by atoms with Crippen molar-refractivity contribution in [3.63, 3.8) is 0 Å². The zero-order valence-corrected chi connectivity index (χ0v) is 11.2. The summed E-state index contributed by atoms with van der Waals surface area (Å²) in [5, 5.41) is 3.41. The molecule has 1 fully saturated rings. The van der Waals surface area contributed by atoms with E-state index in [0.29, 0.717) is 10.6 Å². The number of aromatic nitrogens is 3. The number of hydrogen-bond acceptors (Lipinski definition) is 5. The molecule has 6 heteroatoms. The monoisotopic (exact) mass is 263 g/mol. The molecule has 0 amide bonds. The van der Waals surface area contributed by atoms with Crippen LogP contribution in [0.4, 0.5) is 11.6 Å². The van der Waals surface area contributed by atoms with E-state index in [4.69, 9.17) is 5.73 Å². The van der Waals surface area contributed by atoms with Crippen molar-refractivity contribution >= 4 is 29.0 Å². The van der Waals surface area contributed by atoms with Gasteiger partial charge in [-0.05, 0) is 19.1 Å². The number of hydrogen-bond donors (Lipinski definition) is 2. The largest absolute Gasteiger partial charge is 0.382 e. The summed E-state index contributed by atoms with van der Waals surface area (Å²) in [6, 6.07) is 0. The van der Waals surface area contributed by atoms with Gasteiger partial charge < -0.3 is 15.5 Å². The maximum Gasteiger partial charge on any atom is 0.180 e. The first kappa shape index (κ1) is 11.6. The number of nitrogens with one attached hydrogen (secondary N) is 1. The summed E-state index contributed by atoms with van der Waals surface area (Å²) < 4.78 is 2.27. The fourth-order valence-electron chi connectivity index (χ4n) is 2.34. The van der Waals surface area contributed by atoms with E-state index >= 15 is 0 Å². The van der Waals surface area contributed by atoms with Gasteiger partial charge in [-0.1, -0.05) is 6.42 Å². The number of imidazole rings is 1. The third-order valence-corrected chi connectivity index (χ3v) is 5.09. The predicted octanol–water partition coefficient (Wildman–Crippen LogP) is 2.01. The smallest absolute Gasteiger partial charge is 0.180 e. The van der Waals surface area contributed by atoms with Crippen molar-refractivity contribution in [2.24, 2.45) is 0 Å². The summed E-state index contributed by atoms with van der Waals surface area (Å²) in [5.74, 6) is 1.29. The van der Waals surface area contributed by atoms with Gasteiger partial charge in [-0.2, -0.15) is 11.8 Å². The van der Waals surface area contributed by atoms with Gasteiger partial charge >= 0.3 is 0 Å². The first-order valence-electron chi connectivity index (χ1n) is 6.11. The van der Waals surface area contributed by atoms with Gasteiger partial charge in [-0.15, -0.1) is 0 Å². The molecule has 0 unspecified atom stereocenters. The van der Waals surface area contributed by atoms with E-state index in [1.807, 2.05) is 22.4 Å². The third kappa shape index (κ3) is 1.90. The fourth-order valence-corrected chi connectivity index (χ4v) is 3.25. The highest BCUT2D eigenvalue weighted by Gasteiger charge is 2.36. The first-order chi connectivity index (χ1) is 8.72. The molecule has 96 valence electrons. The maximum atomic E-state index is 5.80. The summed E-state index contributed by atoms with van der Waals surface area (Å²) in [6.07, 6.45) is 11.5. The molecular formula is C12H17N5S. The molecule has 2 heterocycles. The zero-order valence-electron chi connectivity index (χ0n) is 10.4. The molecule has 2 aromatic heterocycles. The number of nitrogens with two attached hydrogens (primary N) is 1. The van der Waals surface area contributed by atoms with Gasteiger partial charge in [0.05, 0.1) is 6.20 Å². The average Bonchev–Trinajstić information content (AvgIpc) is 2.75. The van der Waals surface area contributed by atoms with E-state index < -0.39 is 0 Å². The number of thioether (sulfide) groups is 1. The van der Waals surface area contributed by atoms with Gasteiger partial charge in [0.25, 0.3) is 0 Å². The van der Waals surface area contributed by atoms with Crippen LogP contribution in [0.15, 0.2) is 18.6 Å². The predicted molar refractivity (Wildman–Crippen MR) is 76.0 cm³/mol. The van der Waals surface area contributed by atoms with Crippen molar-refractivity contribution < 1.29 is 0 Å². The lowest BCUT2D eigenvalue weighted by Gasteiger charge is -2.40. The minimum Gasteiger partial charge on any atom is -0.382 e. The van der Waals surface area contributed by atoms with E-state index in [1.54, 1.807) is 12.4 Å². The Kier molecular flexibility index (Phi) is 2.81. The molecule has 5 nitrogen and oxygen atoms in total. The van der Waals surface area contributed by atoms with Crippen LogP contribution in [-0.4, -0.2) is 31.9 Å². The molecule has 0 bridgehead atoms. The minimum atomic E-state index is 0.371. The Hall–Kier alpha value is -1.43. The lowest BCUT2D eigenvalue weighted by Crippen LogP contribution is -2.40. The topological polar surface area (TPSA) is 68.2 Å². The molecule has 3 rings (SSSR count). The van der Waals surface area contributed by atoms with Crippen LogP contribution in [0.5, 0.6) is 0 Å². The van der Waals surface area contributed by atoms with Gasteiger partial charge in [0.1, 0.15) is 5.82 Å². The molecule has 3 N–H and O–H groups in total. The van der Waals surface area contributed by atoms with Crippen LogP contribution >= 0.6 is 11.8 Å². The molecular weight excluding hydrogens is 246 g/mol. The molecule has 0 spiro atoms. The zero-order chi connectivity index (χ0) is 12.6. The minimum absolute atomic E-state index is 0.371. The number of nitrogen functional groups attached to an aromatic ring is 1. The Balaban J connectivity index is 1.83. The Morgan fingerprint density at radius 2 is 2.39 bits per heavy atom. The fraction of sp³-hybridized carbons (Fsp3) is 0.500. The lowest BCUT2D eigenvalue weighted by atomic mass is 9.84. The highest BCUT2D eigenvalue weighted by molar-refractivity contribution is 8.00. The highest BCUT2D eigenvalue weighted by Crippen LogP contribution is 2.42. The van der Waals surface area contributed by atoms with E-state index in [-0.39, 0.29) is 0 Å². The highest BCUT2D eigenvalue weighted by atomic mass is 32.2. The second kappa shape index (κ2) is 4.35. The second-order valence-corrected chi connectivity index (χ2v) is 6.04. The SMILES string of the molecule is CSC1(CNc2nc(N)cn3ccnc23)CCC1. The number of rotatable bonds is 4. The molecule has 2 aromatic rings. The molecule has 0 aromatic carbocycles. The van der Waals surface area contributed by atoms with E-state index in [9.17, 15) is 0 Å². The lowest BCUT2D eigenvalue weighted by molar-refractivity contribution is 0.379. The molecule has 0 aliphatic heterocycles. The van der Waals surface area contributed by atoms with Gasteiger partial charge in [0, 0.05) is 23.7 Å². The van der Waals surface area contributed by atoms with Crippen molar-refractivity contribution in [3.05, 3.63) is 18.6 Å². The second-order valence-electron chi connectivity index (χ2n) is 4.77. The third-order valence-electron chi connectivity index (χ3n) is 3.67. The molecule has 0 atom stereocenters. The molecule has 1 saturated carbocycles. The van der Waals surface area contributed by atoms with Crippen LogP contribution < -0.4 is 11.1 Å². The molecule has 1 aliphatic carbocycles. The maximum absolute atomic E-state index is 5.80. The number of nitrogens with zero attached hydrogens (tertiary/aromatic N) is 3. The number of fused-ring (bicyclic) bond motifs is 1. The Bertz CT molecular complexity index is 555. The van der Waals surface area contributed by atoms with Crippen LogP contribution in [-0.2, 0) is 0 Å². The van der Waals surface area contributed by atoms with Crippen LogP contribution in [0.25, 0.3) is 5.65 Å². The van der Waals surface area contributed by atoms with E-state index in [0.717, 1.165) is 18.0 Å². The summed E-state index contributed by atoms with van der Waals surface area (Å²) >= 11 is 1.94. The van der Waals surface area contributed by atoms with Crippen molar-refractivity contribution in [2.75, 3.05) is 23.9 Å². The van der Waals surface area contributed by atoms with Crippen molar-refractivity contribution in [1.82, 2.24) is 14.4 Å². The Morgan fingerprint density at radius 3 is 3.06 bits per heavy atom. The van der Waals surface area contributed by atoms with Crippen LogP contribution in [0.1, 0.15) is 19.3 Å². The Labute approximate surface area is 110 Å². The average molecular weight is 263 g/mol. The van der Waals surface area contributed by atoms with Crippen LogP contribution in [0, 0.1) is 0 Å². The van der Waals surface area contributed by atoms with Crippen LogP contribution in [0.3, 0.4) is 0 Å². The van der Waals surface area contributed by atoms with Gasteiger partial charge in [-0.3, -0.25) is 0 Å².